The first-order chi connectivity index (χ1) is 7.77. The molecular formula is C12H22N2O2. The lowest BCUT2D eigenvalue weighted by Crippen LogP contribution is -2.45. The number of rotatable bonds is 3. The fraction of sp³-hybridized carbons (Fsp3) is 0.917. The van der Waals surface area contributed by atoms with Gasteiger partial charge in [-0.1, -0.05) is 0 Å². The third-order valence-corrected chi connectivity index (χ3v) is 3.71. The van der Waals surface area contributed by atoms with Crippen LogP contribution in [0.2, 0.25) is 0 Å². The Morgan fingerprint density at radius 1 is 1.50 bits per heavy atom. The Morgan fingerprint density at radius 3 is 3.00 bits per heavy atom. The van der Waals surface area contributed by atoms with Crippen molar-refractivity contribution in [3.63, 3.8) is 0 Å². The van der Waals surface area contributed by atoms with E-state index in [2.05, 4.69) is 17.6 Å². The third-order valence-electron chi connectivity index (χ3n) is 3.71. The van der Waals surface area contributed by atoms with Gasteiger partial charge in [-0.3, -0.25) is 4.79 Å². The molecule has 16 heavy (non-hydrogen) atoms. The van der Waals surface area contributed by atoms with E-state index in [1.54, 1.807) is 0 Å². The van der Waals surface area contributed by atoms with Crippen LogP contribution in [0, 0.1) is 11.8 Å². The minimum Gasteiger partial charge on any atom is -0.381 e. The maximum absolute atomic E-state index is 12.0. The summed E-state index contributed by atoms with van der Waals surface area (Å²) in [4.78, 5) is 12.0. The molecule has 2 N–H and O–H groups in total. The Kier molecular flexibility index (Phi) is 4.18. The molecule has 0 radical (unpaired) electrons. The van der Waals surface area contributed by atoms with E-state index in [1.807, 2.05) is 0 Å². The summed E-state index contributed by atoms with van der Waals surface area (Å²) in [6.45, 7) is 5.61. The van der Waals surface area contributed by atoms with Crippen LogP contribution in [0.1, 0.15) is 26.2 Å². The number of hydrogen-bond acceptors (Lipinski definition) is 3. The molecule has 3 unspecified atom stereocenters. The lowest BCUT2D eigenvalue weighted by molar-refractivity contribution is -0.126. The van der Waals surface area contributed by atoms with Crippen molar-refractivity contribution in [2.45, 2.75) is 32.2 Å². The molecule has 4 nitrogen and oxygen atoms in total. The highest BCUT2D eigenvalue weighted by Gasteiger charge is 2.27. The zero-order valence-corrected chi connectivity index (χ0v) is 10.00. The molecule has 2 saturated heterocycles. The number of piperidine rings is 1. The molecule has 2 fully saturated rings. The molecule has 2 aliphatic heterocycles. The average Bonchev–Trinajstić information content (AvgIpc) is 2.83. The van der Waals surface area contributed by atoms with E-state index in [1.165, 1.54) is 0 Å². The molecule has 4 heteroatoms. The van der Waals surface area contributed by atoms with Crippen LogP contribution in [0.3, 0.4) is 0 Å². The van der Waals surface area contributed by atoms with E-state index in [4.69, 9.17) is 4.74 Å². The van der Waals surface area contributed by atoms with Gasteiger partial charge in [-0.15, -0.1) is 0 Å². The molecule has 0 aromatic carbocycles. The third kappa shape index (κ3) is 2.95. The van der Waals surface area contributed by atoms with Crippen molar-refractivity contribution in [3.05, 3.63) is 0 Å². The molecule has 2 rings (SSSR count). The maximum Gasteiger partial charge on any atom is 0.224 e. The molecule has 0 aliphatic carbocycles. The Balaban J connectivity index is 1.76. The van der Waals surface area contributed by atoms with Crippen LogP contribution in [0.15, 0.2) is 0 Å². The highest BCUT2D eigenvalue weighted by Crippen LogP contribution is 2.17. The predicted molar refractivity (Wildman–Crippen MR) is 62.1 cm³/mol. The van der Waals surface area contributed by atoms with E-state index >= 15 is 0 Å². The monoisotopic (exact) mass is 226 g/mol. The standard InChI is InChI=1S/C12H22N2O2/c1-9(11-4-6-16-8-11)14-12(15)10-3-2-5-13-7-10/h9-11,13H,2-8H2,1H3,(H,14,15). The minimum atomic E-state index is 0.165. The molecule has 2 aliphatic rings. The average molecular weight is 226 g/mol. The first kappa shape index (κ1) is 11.9. The van der Waals surface area contributed by atoms with Gasteiger partial charge in [-0.2, -0.15) is 0 Å². The van der Waals surface area contributed by atoms with Gasteiger partial charge in [0.25, 0.3) is 0 Å². The SMILES string of the molecule is CC(NC(=O)C1CCCNC1)C1CCOC1. The highest BCUT2D eigenvalue weighted by molar-refractivity contribution is 5.79. The second-order valence-electron chi connectivity index (χ2n) is 4.96. The normalized spacial score (nSPS) is 32.3. The van der Waals surface area contributed by atoms with Gasteiger partial charge in [-0.05, 0) is 32.7 Å². The second-order valence-corrected chi connectivity index (χ2v) is 4.96. The lowest BCUT2D eigenvalue weighted by Gasteiger charge is -2.26. The van der Waals surface area contributed by atoms with Gasteiger partial charge in [0, 0.05) is 25.1 Å². The minimum absolute atomic E-state index is 0.165. The number of amides is 1. The summed E-state index contributed by atoms with van der Waals surface area (Å²) < 4.78 is 5.34. The number of ether oxygens (including phenoxy) is 1. The molecule has 1 amide bonds. The van der Waals surface area contributed by atoms with Gasteiger partial charge in [0.15, 0.2) is 0 Å². The lowest BCUT2D eigenvalue weighted by atomic mass is 9.96. The zero-order valence-electron chi connectivity index (χ0n) is 10.00. The topological polar surface area (TPSA) is 50.4 Å². The van der Waals surface area contributed by atoms with Gasteiger partial charge < -0.3 is 15.4 Å². The molecule has 92 valence electrons. The number of hydrogen-bond donors (Lipinski definition) is 2. The Morgan fingerprint density at radius 2 is 2.38 bits per heavy atom. The number of carbonyl (C=O) groups excluding carboxylic acids is 1. The Hall–Kier alpha value is -0.610. The Labute approximate surface area is 97.1 Å². The summed E-state index contributed by atoms with van der Waals surface area (Å²) in [5, 5.41) is 6.41. The number of nitrogens with one attached hydrogen (secondary N) is 2. The molecular weight excluding hydrogens is 204 g/mol. The molecule has 0 spiro atoms. The molecule has 0 bridgehead atoms. The van der Waals surface area contributed by atoms with Crippen molar-refractivity contribution in [2.24, 2.45) is 11.8 Å². The van der Waals surface area contributed by atoms with Gasteiger partial charge >= 0.3 is 0 Å². The van der Waals surface area contributed by atoms with Gasteiger partial charge in [-0.25, -0.2) is 0 Å². The van der Waals surface area contributed by atoms with E-state index < -0.39 is 0 Å². The van der Waals surface area contributed by atoms with Crippen molar-refractivity contribution in [1.82, 2.24) is 10.6 Å². The second kappa shape index (κ2) is 5.64. The van der Waals surface area contributed by atoms with Crippen molar-refractivity contribution < 1.29 is 9.53 Å². The van der Waals surface area contributed by atoms with E-state index in [9.17, 15) is 4.79 Å². The van der Waals surface area contributed by atoms with Crippen LogP contribution >= 0.6 is 0 Å². The van der Waals surface area contributed by atoms with Crippen LogP contribution < -0.4 is 10.6 Å². The smallest absolute Gasteiger partial charge is 0.224 e. The molecule has 0 aromatic rings. The van der Waals surface area contributed by atoms with Crippen molar-refractivity contribution in [2.75, 3.05) is 26.3 Å². The van der Waals surface area contributed by atoms with Gasteiger partial charge in [0.05, 0.1) is 12.5 Å². The van der Waals surface area contributed by atoms with Crippen LogP contribution in [0.25, 0.3) is 0 Å². The summed E-state index contributed by atoms with van der Waals surface area (Å²) in [5.41, 5.74) is 0. The summed E-state index contributed by atoms with van der Waals surface area (Å²) in [7, 11) is 0. The maximum atomic E-state index is 12.0. The van der Waals surface area contributed by atoms with E-state index in [-0.39, 0.29) is 17.9 Å². The van der Waals surface area contributed by atoms with Crippen molar-refractivity contribution >= 4 is 5.91 Å². The molecule has 3 atom stereocenters. The molecule has 0 aromatic heterocycles. The highest BCUT2D eigenvalue weighted by atomic mass is 16.5. The van der Waals surface area contributed by atoms with Gasteiger partial charge in [0.2, 0.25) is 5.91 Å². The Bertz CT molecular complexity index is 233. The van der Waals surface area contributed by atoms with Crippen LogP contribution in [0.5, 0.6) is 0 Å². The quantitative estimate of drug-likeness (QED) is 0.738. The van der Waals surface area contributed by atoms with Crippen molar-refractivity contribution in [1.29, 1.82) is 0 Å². The fourth-order valence-corrected chi connectivity index (χ4v) is 2.48. The number of carbonyl (C=O) groups is 1. The zero-order chi connectivity index (χ0) is 11.4. The largest absolute Gasteiger partial charge is 0.381 e. The van der Waals surface area contributed by atoms with Gasteiger partial charge in [0.1, 0.15) is 0 Å². The van der Waals surface area contributed by atoms with Crippen LogP contribution in [-0.2, 0) is 9.53 Å². The van der Waals surface area contributed by atoms with E-state index in [0.29, 0.717) is 5.92 Å². The first-order valence-electron chi connectivity index (χ1n) is 6.36. The summed E-state index contributed by atoms with van der Waals surface area (Å²) in [5.74, 6) is 0.880. The van der Waals surface area contributed by atoms with Crippen LogP contribution in [0.4, 0.5) is 0 Å². The van der Waals surface area contributed by atoms with E-state index in [0.717, 1.165) is 45.6 Å². The van der Waals surface area contributed by atoms with Crippen LogP contribution in [-0.4, -0.2) is 38.3 Å². The summed E-state index contributed by atoms with van der Waals surface area (Å²) in [6.07, 6.45) is 3.20. The molecule has 0 saturated carbocycles. The predicted octanol–water partition coefficient (Wildman–Crippen LogP) is 0.527. The summed E-state index contributed by atoms with van der Waals surface area (Å²) >= 11 is 0. The van der Waals surface area contributed by atoms with Crippen molar-refractivity contribution in [3.8, 4) is 0 Å². The summed E-state index contributed by atoms with van der Waals surface area (Å²) in [6, 6.07) is 0.247. The molecule has 2 heterocycles. The fourth-order valence-electron chi connectivity index (χ4n) is 2.48. The first-order valence-corrected chi connectivity index (χ1v) is 6.36.